The summed E-state index contributed by atoms with van der Waals surface area (Å²) in [7, 11) is 0. The first-order valence-corrected chi connectivity index (χ1v) is 6.69. The monoisotopic (exact) mass is 211 g/mol. The van der Waals surface area contributed by atoms with E-state index in [4.69, 9.17) is 0 Å². The lowest BCUT2D eigenvalue weighted by molar-refractivity contribution is 0.614. The lowest BCUT2D eigenvalue weighted by Gasteiger charge is -2.27. The van der Waals surface area contributed by atoms with E-state index in [2.05, 4.69) is 19.9 Å². The summed E-state index contributed by atoms with van der Waals surface area (Å²) in [6.45, 7) is 4.45. The van der Waals surface area contributed by atoms with Crippen molar-refractivity contribution in [2.75, 3.05) is 0 Å². The minimum absolute atomic E-state index is 0.0497. The molecular formula is C12H21NS. The van der Waals surface area contributed by atoms with Crippen LogP contribution in [0, 0.1) is 11.3 Å². The van der Waals surface area contributed by atoms with Gasteiger partial charge in [0.1, 0.15) is 4.75 Å². The molecular weight excluding hydrogens is 190 g/mol. The maximum Gasteiger partial charge on any atom is 0.103 e. The number of hydrogen-bond donors (Lipinski definition) is 0. The second-order valence-electron chi connectivity index (χ2n) is 4.36. The van der Waals surface area contributed by atoms with Crippen LogP contribution < -0.4 is 0 Å². The first-order valence-electron chi connectivity index (χ1n) is 5.81. The van der Waals surface area contributed by atoms with Crippen molar-refractivity contribution in [3.8, 4) is 6.07 Å². The minimum atomic E-state index is -0.0497. The van der Waals surface area contributed by atoms with Gasteiger partial charge in [0, 0.05) is 5.25 Å². The Balaban J connectivity index is 2.59. The summed E-state index contributed by atoms with van der Waals surface area (Å²) in [5.41, 5.74) is 0. The van der Waals surface area contributed by atoms with Gasteiger partial charge in [0.15, 0.2) is 0 Å². The van der Waals surface area contributed by atoms with E-state index in [1.54, 1.807) is 0 Å². The summed E-state index contributed by atoms with van der Waals surface area (Å²) in [4.78, 5) is 0. The fourth-order valence-corrected chi connectivity index (χ4v) is 3.54. The second-order valence-corrected chi connectivity index (χ2v) is 6.18. The highest BCUT2D eigenvalue weighted by Crippen LogP contribution is 2.41. The SMILES string of the molecule is CCC(C)SC1(C#N)CCCCCC1. The van der Waals surface area contributed by atoms with E-state index >= 15 is 0 Å². The van der Waals surface area contributed by atoms with E-state index in [0.717, 1.165) is 12.8 Å². The van der Waals surface area contributed by atoms with E-state index in [0.29, 0.717) is 5.25 Å². The van der Waals surface area contributed by atoms with Crippen LogP contribution in [0.15, 0.2) is 0 Å². The van der Waals surface area contributed by atoms with Crippen LogP contribution in [0.1, 0.15) is 58.8 Å². The summed E-state index contributed by atoms with van der Waals surface area (Å²) in [5, 5.41) is 9.97. The van der Waals surface area contributed by atoms with Gasteiger partial charge in [-0.1, -0.05) is 39.5 Å². The molecule has 14 heavy (non-hydrogen) atoms. The maximum atomic E-state index is 9.34. The minimum Gasteiger partial charge on any atom is -0.197 e. The van der Waals surface area contributed by atoms with Crippen LogP contribution in [0.3, 0.4) is 0 Å². The van der Waals surface area contributed by atoms with Crippen molar-refractivity contribution in [3.05, 3.63) is 0 Å². The van der Waals surface area contributed by atoms with E-state index in [-0.39, 0.29) is 4.75 Å². The highest BCUT2D eigenvalue weighted by atomic mass is 32.2. The first kappa shape index (κ1) is 11.9. The van der Waals surface area contributed by atoms with Crippen LogP contribution >= 0.6 is 11.8 Å². The van der Waals surface area contributed by atoms with Crippen molar-refractivity contribution in [2.24, 2.45) is 0 Å². The molecule has 1 atom stereocenters. The number of thioether (sulfide) groups is 1. The Hall–Kier alpha value is -0.160. The quantitative estimate of drug-likeness (QED) is 0.655. The standard InChI is InChI=1S/C12H21NS/c1-3-11(2)14-12(10-13)8-6-4-5-7-9-12/h11H,3-9H2,1-2H3. The molecule has 0 heterocycles. The van der Waals surface area contributed by atoms with Crippen molar-refractivity contribution >= 4 is 11.8 Å². The zero-order valence-corrected chi connectivity index (χ0v) is 10.2. The molecule has 1 nitrogen and oxygen atoms in total. The number of nitrogens with zero attached hydrogens (tertiary/aromatic N) is 1. The fourth-order valence-electron chi connectivity index (χ4n) is 2.02. The summed E-state index contributed by atoms with van der Waals surface area (Å²) in [5.74, 6) is 0. The summed E-state index contributed by atoms with van der Waals surface area (Å²) in [6.07, 6.45) is 8.54. The normalized spacial score (nSPS) is 23.5. The van der Waals surface area contributed by atoms with Gasteiger partial charge in [-0.2, -0.15) is 5.26 Å². The van der Waals surface area contributed by atoms with Gasteiger partial charge in [0.25, 0.3) is 0 Å². The van der Waals surface area contributed by atoms with Gasteiger partial charge in [-0.15, -0.1) is 11.8 Å². The zero-order valence-electron chi connectivity index (χ0n) is 9.38. The van der Waals surface area contributed by atoms with Gasteiger partial charge < -0.3 is 0 Å². The van der Waals surface area contributed by atoms with Crippen molar-refractivity contribution in [1.29, 1.82) is 5.26 Å². The molecule has 1 unspecified atom stereocenters. The van der Waals surface area contributed by atoms with Gasteiger partial charge in [-0.3, -0.25) is 0 Å². The third-order valence-corrected chi connectivity index (χ3v) is 4.80. The molecule has 0 aliphatic heterocycles. The Morgan fingerprint density at radius 3 is 2.29 bits per heavy atom. The largest absolute Gasteiger partial charge is 0.197 e. The molecule has 1 aliphatic carbocycles. The van der Waals surface area contributed by atoms with Crippen molar-refractivity contribution in [1.82, 2.24) is 0 Å². The van der Waals surface area contributed by atoms with Crippen LogP contribution in [0.5, 0.6) is 0 Å². The Morgan fingerprint density at radius 2 is 1.86 bits per heavy atom. The van der Waals surface area contributed by atoms with Crippen LogP contribution in [0.2, 0.25) is 0 Å². The van der Waals surface area contributed by atoms with Crippen molar-refractivity contribution in [2.45, 2.75) is 68.8 Å². The summed E-state index contributed by atoms with van der Waals surface area (Å²) < 4.78 is -0.0497. The first-order chi connectivity index (χ1) is 6.72. The van der Waals surface area contributed by atoms with E-state index in [9.17, 15) is 5.26 Å². The Bertz CT molecular complexity index is 199. The van der Waals surface area contributed by atoms with Gasteiger partial charge in [0.2, 0.25) is 0 Å². The van der Waals surface area contributed by atoms with Crippen molar-refractivity contribution < 1.29 is 0 Å². The smallest absolute Gasteiger partial charge is 0.103 e. The van der Waals surface area contributed by atoms with Crippen LogP contribution in [-0.4, -0.2) is 10.00 Å². The predicted molar refractivity (Wildman–Crippen MR) is 63.4 cm³/mol. The molecule has 0 saturated heterocycles. The number of rotatable bonds is 3. The van der Waals surface area contributed by atoms with E-state index in [1.165, 1.54) is 32.1 Å². The number of hydrogen-bond acceptors (Lipinski definition) is 2. The molecule has 0 aromatic carbocycles. The third-order valence-electron chi connectivity index (χ3n) is 3.12. The molecule has 2 heteroatoms. The Labute approximate surface area is 92.3 Å². The molecule has 1 saturated carbocycles. The molecule has 1 aliphatic rings. The van der Waals surface area contributed by atoms with Gasteiger partial charge in [-0.25, -0.2) is 0 Å². The molecule has 80 valence electrons. The topological polar surface area (TPSA) is 23.8 Å². The van der Waals surface area contributed by atoms with E-state index in [1.807, 2.05) is 11.8 Å². The van der Waals surface area contributed by atoms with Crippen LogP contribution in [0.4, 0.5) is 0 Å². The average Bonchev–Trinajstić information content (AvgIpc) is 2.44. The fraction of sp³-hybridized carbons (Fsp3) is 0.917. The lowest BCUT2D eigenvalue weighted by atomic mass is 10.0. The summed E-state index contributed by atoms with van der Waals surface area (Å²) in [6, 6.07) is 2.59. The molecule has 0 radical (unpaired) electrons. The average molecular weight is 211 g/mol. The maximum absolute atomic E-state index is 9.34. The molecule has 0 aromatic heterocycles. The molecule has 0 aromatic rings. The van der Waals surface area contributed by atoms with Gasteiger partial charge in [0.05, 0.1) is 6.07 Å². The molecule has 0 N–H and O–H groups in total. The van der Waals surface area contributed by atoms with E-state index < -0.39 is 0 Å². The molecule has 0 amide bonds. The summed E-state index contributed by atoms with van der Waals surface area (Å²) >= 11 is 1.92. The molecule has 1 rings (SSSR count). The highest BCUT2D eigenvalue weighted by molar-refractivity contribution is 8.01. The number of nitriles is 1. The third kappa shape index (κ3) is 3.20. The van der Waals surface area contributed by atoms with Gasteiger partial charge >= 0.3 is 0 Å². The second kappa shape index (κ2) is 5.66. The van der Waals surface area contributed by atoms with Crippen LogP contribution in [0.25, 0.3) is 0 Å². The lowest BCUT2D eigenvalue weighted by Crippen LogP contribution is -2.24. The Morgan fingerprint density at radius 1 is 1.29 bits per heavy atom. The predicted octanol–water partition coefficient (Wildman–Crippen LogP) is 4.13. The highest BCUT2D eigenvalue weighted by Gasteiger charge is 2.32. The van der Waals surface area contributed by atoms with Gasteiger partial charge in [-0.05, 0) is 19.3 Å². The Kier molecular flexibility index (Phi) is 4.81. The van der Waals surface area contributed by atoms with Crippen LogP contribution in [-0.2, 0) is 0 Å². The molecule has 0 bridgehead atoms. The molecule has 1 fully saturated rings. The zero-order chi connectivity index (χ0) is 10.4. The molecule has 0 spiro atoms. The van der Waals surface area contributed by atoms with Crippen molar-refractivity contribution in [3.63, 3.8) is 0 Å².